The lowest BCUT2D eigenvalue weighted by Gasteiger charge is -2.28. The van der Waals surface area contributed by atoms with Crippen LogP contribution in [-0.4, -0.2) is 24.6 Å². The van der Waals surface area contributed by atoms with Gasteiger partial charge >= 0.3 is 0 Å². The van der Waals surface area contributed by atoms with Gasteiger partial charge in [0.1, 0.15) is 5.75 Å². The fraction of sp³-hybridized carbons (Fsp3) is 0.500. The Labute approximate surface area is 110 Å². The van der Waals surface area contributed by atoms with E-state index >= 15 is 0 Å². The Balaban J connectivity index is 2.01. The molecule has 0 N–H and O–H groups in total. The van der Waals surface area contributed by atoms with Crippen LogP contribution < -0.4 is 4.74 Å². The SMILES string of the molecule is COc1ccc(CN2CCCC/C=C\C2C)cc1. The molecule has 2 nitrogen and oxygen atoms in total. The van der Waals surface area contributed by atoms with E-state index in [9.17, 15) is 0 Å². The van der Waals surface area contributed by atoms with E-state index in [1.807, 2.05) is 12.1 Å². The highest BCUT2D eigenvalue weighted by Gasteiger charge is 2.12. The van der Waals surface area contributed by atoms with Gasteiger partial charge in [0.25, 0.3) is 0 Å². The van der Waals surface area contributed by atoms with Gasteiger partial charge in [-0.1, -0.05) is 24.3 Å². The van der Waals surface area contributed by atoms with Crippen molar-refractivity contribution >= 4 is 0 Å². The van der Waals surface area contributed by atoms with Gasteiger partial charge in [0.2, 0.25) is 0 Å². The van der Waals surface area contributed by atoms with Gasteiger partial charge in [-0.25, -0.2) is 0 Å². The molecule has 0 aromatic heterocycles. The summed E-state index contributed by atoms with van der Waals surface area (Å²) in [6.07, 6.45) is 8.50. The number of methoxy groups -OCH3 is 1. The van der Waals surface area contributed by atoms with Gasteiger partial charge in [-0.15, -0.1) is 0 Å². The first-order chi connectivity index (χ1) is 8.79. The minimum absolute atomic E-state index is 0.535. The molecule has 0 amide bonds. The van der Waals surface area contributed by atoms with E-state index in [-0.39, 0.29) is 0 Å². The van der Waals surface area contributed by atoms with E-state index in [4.69, 9.17) is 4.74 Å². The second-order valence-electron chi connectivity index (χ2n) is 4.98. The maximum Gasteiger partial charge on any atom is 0.118 e. The van der Waals surface area contributed by atoms with Crippen molar-refractivity contribution in [2.45, 2.75) is 38.8 Å². The minimum Gasteiger partial charge on any atom is -0.497 e. The number of hydrogen-bond donors (Lipinski definition) is 0. The molecule has 1 aliphatic heterocycles. The molecule has 1 aromatic carbocycles. The summed E-state index contributed by atoms with van der Waals surface area (Å²) >= 11 is 0. The number of ether oxygens (including phenoxy) is 1. The van der Waals surface area contributed by atoms with Crippen molar-refractivity contribution in [3.8, 4) is 5.75 Å². The molecule has 2 rings (SSSR count). The summed E-state index contributed by atoms with van der Waals surface area (Å²) in [5.41, 5.74) is 1.36. The highest BCUT2D eigenvalue weighted by molar-refractivity contribution is 5.27. The summed E-state index contributed by atoms with van der Waals surface area (Å²) in [5.74, 6) is 0.930. The van der Waals surface area contributed by atoms with Crippen LogP contribution >= 0.6 is 0 Å². The van der Waals surface area contributed by atoms with E-state index in [1.165, 1.54) is 31.4 Å². The summed E-state index contributed by atoms with van der Waals surface area (Å²) in [7, 11) is 1.71. The normalized spacial score (nSPS) is 23.1. The van der Waals surface area contributed by atoms with Crippen molar-refractivity contribution in [1.29, 1.82) is 0 Å². The van der Waals surface area contributed by atoms with Crippen LogP contribution in [0.2, 0.25) is 0 Å². The van der Waals surface area contributed by atoms with E-state index in [0.29, 0.717) is 6.04 Å². The predicted molar refractivity (Wildman–Crippen MR) is 75.9 cm³/mol. The Bertz CT molecular complexity index is 383. The number of allylic oxidation sites excluding steroid dienone is 1. The average Bonchev–Trinajstić information content (AvgIpc) is 2.39. The van der Waals surface area contributed by atoms with Crippen LogP contribution in [0.25, 0.3) is 0 Å². The number of hydrogen-bond acceptors (Lipinski definition) is 2. The first-order valence-corrected chi connectivity index (χ1v) is 6.83. The van der Waals surface area contributed by atoms with Crippen molar-refractivity contribution in [3.05, 3.63) is 42.0 Å². The lowest BCUT2D eigenvalue weighted by Crippen LogP contribution is -2.32. The van der Waals surface area contributed by atoms with Crippen molar-refractivity contribution < 1.29 is 4.74 Å². The van der Waals surface area contributed by atoms with Crippen LogP contribution in [0.4, 0.5) is 0 Å². The molecule has 0 spiro atoms. The molecule has 1 unspecified atom stereocenters. The Hall–Kier alpha value is -1.28. The molecule has 1 atom stereocenters. The molecule has 0 saturated carbocycles. The lowest BCUT2D eigenvalue weighted by atomic mass is 10.1. The zero-order valence-electron chi connectivity index (χ0n) is 11.4. The van der Waals surface area contributed by atoms with Crippen molar-refractivity contribution in [1.82, 2.24) is 4.90 Å². The van der Waals surface area contributed by atoms with Gasteiger partial charge in [0, 0.05) is 12.6 Å². The van der Waals surface area contributed by atoms with Crippen LogP contribution in [0.3, 0.4) is 0 Å². The van der Waals surface area contributed by atoms with Gasteiger partial charge in [-0.05, 0) is 50.4 Å². The molecule has 0 aliphatic carbocycles. The van der Waals surface area contributed by atoms with Crippen LogP contribution in [0.15, 0.2) is 36.4 Å². The van der Waals surface area contributed by atoms with E-state index < -0.39 is 0 Å². The molecule has 2 heteroatoms. The quantitative estimate of drug-likeness (QED) is 0.754. The minimum atomic E-state index is 0.535. The smallest absolute Gasteiger partial charge is 0.118 e. The summed E-state index contributed by atoms with van der Waals surface area (Å²) in [6, 6.07) is 8.94. The van der Waals surface area contributed by atoms with Crippen LogP contribution in [0.5, 0.6) is 5.75 Å². The molecule has 98 valence electrons. The second kappa shape index (κ2) is 6.60. The summed E-state index contributed by atoms with van der Waals surface area (Å²) in [6.45, 7) is 4.50. The van der Waals surface area contributed by atoms with E-state index in [1.54, 1.807) is 7.11 Å². The molecule has 0 bridgehead atoms. The molecule has 18 heavy (non-hydrogen) atoms. The standard InChI is InChI=1S/C16H23NO/c1-14-7-5-3-4-6-12-17(14)13-15-8-10-16(18-2)11-9-15/h5,7-11,14H,3-4,6,12-13H2,1-2H3/b7-5-. The third-order valence-corrected chi connectivity index (χ3v) is 3.60. The third kappa shape index (κ3) is 3.61. The van der Waals surface area contributed by atoms with Gasteiger partial charge in [0.05, 0.1) is 7.11 Å². The fourth-order valence-corrected chi connectivity index (χ4v) is 2.38. The molecule has 0 fully saturated rings. The number of benzene rings is 1. The number of rotatable bonds is 3. The topological polar surface area (TPSA) is 12.5 Å². The third-order valence-electron chi connectivity index (χ3n) is 3.60. The van der Waals surface area contributed by atoms with Gasteiger partial charge in [-0.3, -0.25) is 4.90 Å². The van der Waals surface area contributed by atoms with Crippen molar-refractivity contribution in [2.75, 3.05) is 13.7 Å². The Morgan fingerprint density at radius 2 is 2.00 bits per heavy atom. The van der Waals surface area contributed by atoms with E-state index in [0.717, 1.165) is 12.3 Å². The molecule has 1 aromatic rings. The highest BCUT2D eigenvalue weighted by atomic mass is 16.5. The molecule has 1 aliphatic rings. The summed E-state index contributed by atoms with van der Waals surface area (Å²) in [4.78, 5) is 2.54. The van der Waals surface area contributed by atoms with Crippen LogP contribution in [-0.2, 0) is 6.54 Å². The van der Waals surface area contributed by atoms with Gasteiger partial charge < -0.3 is 4.74 Å². The van der Waals surface area contributed by atoms with Crippen LogP contribution in [0, 0.1) is 0 Å². The van der Waals surface area contributed by atoms with Crippen molar-refractivity contribution in [2.24, 2.45) is 0 Å². The zero-order chi connectivity index (χ0) is 12.8. The van der Waals surface area contributed by atoms with Gasteiger partial charge in [0.15, 0.2) is 0 Å². The van der Waals surface area contributed by atoms with E-state index in [2.05, 4.69) is 36.1 Å². The van der Waals surface area contributed by atoms with Gasteiger partial charge in [-0.2, -0.15) is 0 Å². The second-order valence-corrected chi connectivity index (χ2v) is 4.98. The molecule has 0 radical (unpaired) electrons. The summed E-state index contributed by atoms with van der Waals surface area (Å²) in [5, 5.41) is 0. The first-order valence-electron chi connectivity index (χ1n) is 6.83. The maximum absolute atomic E-state index is 5.19. The van der Waals surface area contributed by atoms with Crippen molar-refractivity contribution in [3.63, 3.8) is 0 Å². The molecule has 0 saturated heterocycles. The maximum atomic E-state index is 5.19. The summed E-state index contributed by atoms with van der Waals surface area (Å²) < 4.78 is 5.19. The monoisotopic (exact) mass is 245 g/mol. The Morgan fingerprint density at radius 1 is 1.22 bits per heavy atom. The lowest BCUT2D eigenvalue weighted by molar-refractivity contribution is 0.224. The predicted octanol–water partition coefficient (Wildman–Crippen LogP) is 3.63. The first kappa shape index (κ1) is 13.2. The van der Waals surface area contributed by atoms with Crippen LogP contribution in [0.1, 0.15) is 31.7 Å². The zero-order valence-corrected chi connectivity index (χ0v) is 11.4. The molecular weight excluding hydrogens is 222 g/mol. The molecular formula is C16H23NO. The Kier molecular flexibility index (Phi) is 4.82. The highest BCUT2D eigenvalue weighted by Crippen LogP contribution is 2.17. The largest absolute Gasteiger partial charge is 0.497 e. The number of nitrogens with zero attached hydrogens (tertiary/aromatic N) is 1. The fourth-order valence-electron chi connectivity index (χ4n) is 2.38. The molecule has 1 heterocycles. The Morgan fingerprint density at radius 3 is 2.72 bits per heavy atom. The average molecular weight is 245 g/mol.